The van der Waals surface area contributed by atoms with Gasteiger partial charge in [0, 0.05) is 0 Å². The van der Waals surface area contributed by atoms with E-state index in [2.05, 4.69) is 10.5 Å². The molecule has 0 unspecified atom stereocenters. The van der Waals surface area contributed by atoms with E-state index >= 15 is 0 Å². The van der Waals surface area contributed by atoms with Gasteiger partial charge < -0.3 is 4.74 Å². The van der Waals surface area contributed by atoms with Crippen molar-refractivity contribution in [3.05, 3.63) is 59.7 Å². The number of sulfone groups is 1. The molecule has 2 rings (SSSR count). The van der Waals surface area contributed by atoms with Crippen molar-refractivity contribution >= 4 is 26.5 Å². The summed E-state index contributed by atoms with van der Waals surface area (Å²) in [6, 6.07) is 13.4. The van der Waals surface area contributed by atoms with E-state index in [1.54, 1.807) is 37.3 Å². The minimum Gasteiger partial charge on any atom is -0.461 e. The van der Waals surface area contributed by atoms with Crippen molar-refractivity contribution in [3.8, 4) is 0 Å². The Balaban J connectivity index is 2.43. The highest BCUT2D eigenvalue weighted by Gasteiger charge is 2.30. The number of nitrogens with zero attached hydrogens (tertiary/aromatic N) is 1. The van der Waals surface area contributed by atoms with Crippen molar-refractivity contribution in [2.45, 2.75) is 25.7 Å². The van der Waals surface area contributed by atoms with E-state index in [-0.39, 0.29) is 11.5 Å². The Morgan fingerprint density at radius 3 is 2.36 bits per heavy atom. The number of nitrogens with one attached hydrogen (secondary N) is 1. The van der Waals surface area contributed by atoms with Crippen molar-refractivity contribution in [1.82, 2.24) is 0 Å². The van der Waals surface area contributed by atoms with Crippen LogP contribution in [0.3, 0.4) is 0 Å². The number of carbonyl (C=O) groups is 1. The summed E-state index contributed by atoms with van der Waals surface area (Å²) in [6.45, 7) is 5.38. The zero-order chi connectivity index (χ0) is 18.4. The fraction of sp³-hybridized carbons (Fsp3) is 0.222. The van der Waals surface area contributed by atoms with Crippen LogP contribution in [0.5, 0.6) is 0 Å². The molecule has 0 aliphatic heterocycles. The molecule has 0 atom stereocenters. The molecule has 0 saturated carbocycles. The molecule has 132 valence electrons. The molecule has 0 amide bonds. The normalized spacial score (nSPS) is 11.9. The standard InChI is InChI=1S/C18H20N2O4S/c1-4-24-18(21)17(20-19-15-7-5-6-14(3)12-15)25(22,23)16-10-8-13(2)9-11-16/h5-12,19H,4H2,1-3H3/b20-17+. The number of hydrogen-bond acceptors (Lipinski definition) is 6. The molecular formula is C18H20N2O4S. The van der Waals surface area contributed by atoms with Gasteiger partial charge in [-0.25, -0.2) is 13.2 Å². The number of carbonyl (C=O) groups excluding carboxylic acids is 1. The molecule has 0 heterocycles. The van der Waals surface area contributed by atoms with Crippen LogP contribution in [-0.2, 0) is 19.4 Å². The van der Waals surface area contributed by atoms with Crippen LogP contribution >= 0.6 is 0 Å². The summed E-state index contributed by atoms with van der Waals surface area (Å²) in [5, 5.41) is 3.15. The first-order chi connectivity index (χ1) is 11.8. The number of hydrogen-bond donors (Lipinski definition) is 1. The van der Waals surface area contributed by atoms with Crippen molar-refractivity contribution in [2.24, 2.45) is 5.10 Å². The molecule has 2 aromatic rings. The van der Waals surface area contributed by atoms with Gasteiger partial charge in [-0.3, -0.25) is 5.43 Å². The van der Waals surface area contributed by atoms with Crippen LogP contribution in [0.2, 0.25) is 0 Å². The summed E-state index contributed by atoms with van der Waals surface area (Å²) in [7, 11) is -4.11. The number of ether oxygens (including phenoxy) is 1. The second-order valence-corrected chi connectivity index (χ2v) is 7.30. The summed E-state index contributed by atoms with van der Waals surface area (Å²) in [6.07, 6.45) is 0. The van der Waals surface area contributed by atoms with Crippen LogP contribution in [0.1, 0.15) is 18.1 Å². The summed E-state index contributed by atoms with van der Waals surface area (Å²) >= 11 is 0. The Kier molecular flexibility index (Phi) is 5.93. The highest BCUT2D eigenvalue weighted by molar-refractivity contribution is 8.08. The lowest BCUT2D eigenvalue weighted by Crippen LogP contribution is -2.28. The largest absolute Gasteiger partial charge is 0.461 e. The Bertz CT molecular complexity index is 888. The molecule has 6 nitrogen and oxygen atoms in total. The van der Waals surface area contributed by atoms with Gasteiger partial charge in [0.2, 0.25) is 9.84 Å². The van der Waals surface area contributed by atoms with E-state index in [0.717, 1.165) is 11.1 Å². The van der Waals surface area contributed by atoms with Gasteiger partial charge in [0.05, 0.1) is 17.2 Å². The molecule has 0 aromatic heterocycles. The molecule has 0 saturated heterocycles. The second kappa shape index (κ2) is 7.94. The fourth-order valence-corrected chi connectivity index (χ4v) is 3.23. The van der Waals surface area contributed by atoms with E-state index in [1.165, 1.54) is 12.1 Å². The van der Waals surface area contributed by atoms with Crippen LogP contribution in [0.25, 0.3) is 0 Å². The monoisotopic (exact) mass is 360 g/mol. The van der Waals surface area contributed by atoms with Gasteiger partial charge in [-0.2, -0.15) is 5.10 Å². The van der Waals surface area contributed by atoms with E-state index in [0.29, 0.717) is 5.69 Å². The number of rotatable bonds is 4. The first-order valence-corrected chi connectivity index (χ1v) is 9.22. The summed E-state index contributed by atoms with van der Waals surface area (Å²) in [5.74, 6) is -0.997. The number of benzene rings is 2. The maximum atomic E-state index is 12.8. The maximum Gasteiger partial charge on any atom is 0.371 e. The summed E-state index contributed by atoms with van der Waals surface area (Å²) < 4.78 is 30.4. The zero-order valence-electron chi connectivity index (χ0n) is 14.3. The fourth-order valence-electron chi connectivity index (χ4n) is 2.07. The van der Waals surface area contributed by atoms with Crippen LogP contribution in [-0.4, -0.2) is 26.0 Å². The van der Waals surface area contributed by atoms with E-state index < -0.39 is 20.9 Å². The molecule has 2 aromatic carbocycles. The summed E-state index contributed by atoms with van der Waals surface area (Å²) in [4.78, 5) is 12.1. The van der Waals surface area contributed by atoms with E-state index in [9.17, 15) is 13.2 Å². The highest BCUT2D eigenvalue weighted by atomic mass is 32.2. The molecule has 0 bridgehead atoms. The van der Waals surface area contributed by atoms with Crippen molar-refractivity contribution < 1.29 is 17.9 Å². The third-order valence-corrected chi connectivity index (χ3v) is 5.00. The smallest absolute Gasteiger partial charge is 0.371 e. The predicted octanol–water partition coefficient (Wildman–Crippen LogP) is 3.07. The third kappa shape index (κ3) is 4.67. The average molecular weight is 360 g/mol. The predicted molar refractivity (Wildman–Crippen MR) is 97.2 cm³/mol. The maximum absolute atomic E-state index is 12.8. The summed E-state index contributed by atoms with van der Waals surface area (Å²) in [5.41, 5.74) is 5.07. The number of anilines is 1. The van der Waals surface area contributed by atoms with Gasteiger partial charge in [-0.15, -0.1) is 0 Å². The van der Waals surface area contributed by atoms with E-state index in [1.807, 2.05) is 19.9 Å². The molecule has 0 fully saturated rings. The molecule has 0 radical (unpaired) electrons. The number of esters is 1. The molecule has 0 spiro atoms. The van der Waals surface area contributed by atoms with Crippen molar-refractivity contribution in [2.75, 3.05) is 12.0 Å². The van der Waals surface area contributed by atoms with Gasteiger partial charge >= 0.3 is 5.97 Å². The van der Waals surface area contributed by atoms with Crippen molar-refractivity contribution in [1.29, 1.82) is 0 Å². The Hall–Kier alpha value is -2.67. The first-order valence-electron chi connectivity index (χ1n) is 7.74. The highest BCUT2D eigenvalue weighted by Crippen LogP contribution is 2.16. The average Bonchev–Trinajstić information content (AvgIpc) is 2.55. The van der Waals surface area contributed by atoms with Gasteiger partial charge in [-0.1, -0.05) is 29.8 Å². The minimum atomic E-state index is -4.11. The van der Waals surface area contributed by atoms with Crippen LogP contribution in [0.15, 0.2) is 58.5 Å². The van der Waals surface area contributed by atoms with Crippen LogP contribution in [0.4, 0.5) is 5.69 Å². The number of hydrazone groups is 1. The minimum absolute atomic E-state index is 0.0176. The van der Waals surface area contributed by atoms with Crippen molar-refractivity contribution in [3.63, 3.8) is 0 Å². The zero-order valence-corrected chi connectivity index (χ0v) is 15.1. The third-order valence-electron chi connectivity index (χ3n) is 3.34. The lowest BCUT2D eigenvalue weighted by molar-refractivity contribution is -0.134. The van der Waals surface area contributed by atoms with Crippen LogP contribution in [0, 0.1) is 13.8 Å². The van der Waals surface area contributed by atoms with Crippen LogP contribution < -0.4 is 5.43 Å². The topological polar surface area (TPSA) is 84.8 Å². The molecule has 7 heteroatoms. The van der Waals surface area contributed by atoms with E-state index in [4.69, 9.17) is 4.74 Å². The molecule has 0 aliphatic carbocycles. The molecule has 1 N–H and O–H groups in total. The first kappa shape index (κ1) is 18.7. The quantitative estimate of drug-likeness (QED) is 0.392. The van der Waals surface area contributed by atoms with Gasteiger partial charge in [0.15, 0.2) is 0 Å². The Labute approximate surface area is 147 Å². The lowest BCUT2D eigenvalue weighted by atomic mass is 10.2. The Morgan fingerprint density at radius 1 is 1.08 bits per heavy atom. The van der Waals surface area contributed by atoms with Gasteiger partial charge in [-0.05, 0) is 50.6 Å². The molecular weight excluding hydrogens is 340 g/mol. The lowest BCUT2D eigenvalue weighted by Gasteiger charge is -2.09. The second-order valence-electron chi connectivity index (χ2n) is 5.44. The molecule has 25 heavy (non-hydrogen) atoms. The Morgan fingerprint density at radius 2 is 1.76 bits per heavy atom. The number of aryl methyl sites for hydroxylation is 2. The SMILES string of the molecule is CCOC(=O)/C(=N\Nc1cccc(C)c1)S(=O)(=O)c1ccc(C)cc1. The van der Waals surface area contributed by atoms with Gasteiger partial charge in [0.25, 0.3) is 5.04 Å². The van der Waals surface area contributed by atoms with Gasteiger partial charge in [0.1, 0.15) is 0 Å². The molecule has 0 aliphatic rings.